The molecule has 1 heterocycles. The quantitative estimate of drug-likeness (QED) is 0.776. The van der Waals surface area contributed by atoms with Gasteiger partial charge in [-0.05, 0) is 41.1 Å². The van der Waals surface area contributed by atoms with Crippen molar-refractivity contribution in [2.75, 3.05) is 25.0 Å². The lowest BCUT2D eigenvalue weighted by Gasteiger charge is -2.46. The largest absolute Gasteiger partial charge is 0.387 e. The van der Waals surface area contributed by atoms with Crippen LogP contribution in [-0.4, -0.2) is 41.1 Å². The molecule has 0 spiro atoms. The topological polar surface area (TPSA) is 52.6 Å². The molecule has 5 heteroatoms. The molecule has 0 unspecified atom stereocenters. The number of anilines is 1. The minimum Gasteiger partial charge on any atom is -0.387 e. The van der Waals surface area contributed by atoms with Gasteiger partial charge in [-0.2, -0.15) is 0 Å². The molecule has 1 aromatic carbocycles. The number of likely N-dealkylation sites (tertiary alicyclic amines) is 1. The Labute approximate surface area is 127 Å². The van der Waals surface area contributed by atoms with Gasteiger partial charge in [0.05, 0.1) is 17.8 Å². The lowest BCUT2D eigenvalue weighted by atomic mass is 9.89. The van der Waals surface area contributed by atoms with Crippen molar-refractivity contribution in [3.8, 4) is 0 Å². The lowest BCUT2D eigenvalue weighted by molar-refractivity contribution is -0.129. The number of β-amino-alcohol motifs (C(OH)–C–C–N with tert-alkyl or cyclic N) is 1. The Morgan fingerprint density at radius 3 is 2.79 bits per heavy atom. The van der Waals surface area contributed by atoms with E-state index in [1.807, 2.05) is 29.2 Å². The maximum atomic E-state index is 11.9. The highest BCUT2D eigenvalue weighted by Crippen LogP contribution is 2.25. The number of hydrogen-bond acceptors (Lipinski definition) is 3. The van der Waals surface area contributed by atoms with Crippen molar-refractivity contribution in [2.45, 2.75) is 25.4 Å². The van der Waals surface area contributed by atoms with E-state index in [0.717, 1.165) is 22.1 Å². The molecule has 0 bridgehead atoms. The summed E-state index contributed by atoms with van der Waals surface area (Å²) in [4.78, 5) is 13.9. The van der Waals surface area contributed by atoms with Crippen molar-refractivity contribution in [2.24, 2.45) is 0 Å². The summed E-state index contributed by atoms with van der Waals surface area (Å²) in [6.07, 6.45) is 1.78. The van der Waals surface area contributed by atoms with E-state index >= 15 is 0 Å². The van der Waals surface area contributed by atoms with Crippen LogP contribution in [0.25, 0.3) is 0 Å². The van der Waals surface area contributed by atoms with Gasteiger partial charge in [0.1, 0.15) is 0 Å². The Kier molecular flexibility index (Phi) is 4.81. The predicted molar refractivity (Wildman–Crippen MR) is 84.1 cm³/mol. The summed E-state index contributed by atoms with van der Waals surface area (Å²) in [5, 5.41) is 13.0. The molecule has 2 N–H and O–H groups in total. The monoisotopic (exact) mass is 374 g/mol. The van der Waals surface area contributed by atoms with Gasteiger partial charge in [-0.15, -0.1) is 0 Å². The number of hydrogen-bond donors (Lipinski definition) is 2. The summed E-state index contributed by atoms with van der Waals surface area (Å²) >= 11 is 2.20. The molecule has 0 atom stereocenters. The van der Waals surface area contributed by atoms with Gasteiger partial charge < -0.3 is 10.4 Å². The Morgan fingerprint density at radius 1 is 1.47 bits per heavy atom. The highest BCUT2D eigenvalue weighted by molar-refractivity contribution is 14.1. The Morgan fingerprint density at radius 2 is 2.16 bits per heavy atom. The molecule has 2 rings (SSSR count). The summed E-state index contributed by atoms with van der Waals surface area (Å²) in [6, 6.07) is 7.70. The van der Waals surface area contributed by atoms with Crippen molar-refractivity contribution in [3.05, 3.63) is 27.8 Å². The van der Waals surface area contributed by atoms with Gasteiger partial charge in [-0.3, -0.25) is 9.69 Å². The molecule has 1 fully saturated rings. The number of carbonyl (C=O) groups is 1. The Bertz CT molecular complexity index is 459. The van der Waals surface area contributed by atoms with Crippen molar-refractivity contribution >= 4 is 34.2 Å². The van der Waals surface area contributed by atoms with Crippen LogP contribution in [0.1, 0.15) is 19.8 Å². The van der Waals surface area contributed by atoms with Crippen LogP contribution in [0.3, 0.4) is 0 Å². The van der Waals surface area contributed by atoms with Crippen molar-refractivity contribution in [3.63, 3.8) is 0 Å². The van der Waals surface area contributed by atoms with Crippen LogP contribution >= 0.6 is 22.6 Å². The zero-order valence-corrected chi connectivity index (χ0v) is 13.2. The molecule has 1 saturated heterocycles. The molecule has 0 aromatic heterocycles. The maximum Gasteiger partial charge on any atom is 0.238 e. The van der Waals surface area contributed by atoms with E-state index < -0.39 is 5.60 Å². The van der Waals surface area contributed by atoms with E-state index in [0.29, 0.717) is 19.6 Å². The molecule has 0 saturated carbocycles. The van der Waals surface area contributed by atoms with E-state index in [9.17, 15) is 9.90 Å². The van der Waals surface area contributed by atoms with Crippen LogP contribution in [-0.2, 0) is 4.79 Å². The average molecular weight is 374 g/mol. The van der Waals surface area contributed by atoms with E-state index in [2.05, 4.69) is 34.8 Å². The molecule has 1 aliphatic heterocycles. The third-order valence-corrected chi connectivity index (χ3v) is 4.21. The molecule has 0 aliphatic carbocycles. The van der Waals surface area contributed by atoms with Crippen LogP contribution in [0.4, 0.5) is 5.69 Å². The van der Waals surface area contributed by atoms with Gasteiger partial charge in [-0.25, -0.2) is 0 Å². The second-order valence-corrected chi connectivity index (χ2v) is 6.31. The SMILES string of the molecule is CCCC1(O)CN(CC(=O)Nc2ccccc2I)C1. The zero-order chi connectivity index (χ0) is 13.9. The summed E-state index contributed by atoms with van der Waals surface area (Å²) in [5.74, 6) is -0.0253. The standard InChI is InChI=1S/C14H19IN2O2/c1-2-7-14(19)9-17(10-14)8-13(18)16-12-6-4-3-5-11(12)15/h3-6,19H,2,7-10H2,1H3,(H,16,18). The molecular formula is C14H19IN2O2. The van der Waals surface area contributed by atoms with Gasteiger partial charge >= 0.3 is 0 Å². The fraction of sp³-hybridized carbons (Fsp3) is 0.500. The van der Waals surface area contributed by atoms with E-state index in [1.54, 1.807) is 0 Å². The Balaban J connectivity index is 1.79. The first-order chi connectivity index (χ1) is 9.02. The third-order valence-electron chi connectivity index (χ3n) is 3.27. The first kappa shape index (κ1) is 14.7. The molecule has 1 amide bonds. The lowest BCUT2D eigenvalue weighted by Crippen LogP contribution is -2.62. The van der Waals surface area contributed by atoms with Crippen molar-refractivity contribution in [1.82, 2.24) is 4.90 Å². The number of rotatable bonds is 5. The highest BCUT2D eigenvalue weighted by Gasteiger charge is 2.40. The highest BCUT2D eigenvalue weighted by atomic mass is 127. The van der Waals surface area contributed by atoms with E-state index in [4.69, 9.17) is 0 Å². The van der Waals surface area contributed by atoms with Crippen LogP contribution in [0.2, 0.25) is 0 Å². The van der Waals surface area contributed by atoms with Gasteiger partial charge in [0.25, 0.3) is 0 Å². The second kappa shape index (κ2) is 6.19. The fourth-order valence-corrected chi connectivity index (χ4v) is 3.00. The number of carbonyl (C=O) groups excluding carboxylic acids is 1. The number of nitrogens with one attached hydrogen (secondary N) is 1. The maximum absolute atomic E-state index is 11.9. The van der Waals surface area contributed by atoms with E-state index in [-0.39, 0.29) is 5.91 Å². The minimum atomic E-state index is -0.573. The molecule has 104 valence electrons. The van der Waals surface area contributed by atoms with Gasteiger partial charge in [-0.1, -0.05) is 25.5 Å². The number of benzene rings is 1. The molecule has 0 radical (unpaired) electrons. The van der Waals surface area contributed by atoms with Crippen LogP contribution in [0.15, 0.2) is 24.3 Å². The summed E-state index contributed by atoms with van der Waals surface area (Å²) in [6.45, 7) is 3.60. The fourth-order valence-electron chi connectivity index (χ4n) is 2.48. The summed E-state index contributed by atoms with van der Waals surface area (Å²) in [5.41, 5.74) is 0.272. The molecule has 4 nitrogen and oxygen atoms in total. The smallest absolute Gasteiger partial charge is 0.238 e. The van der Waals surface area contributed by atoms with Gasteiger partial charge in [0.2, 0.25) is 5.91 Å². The number of para-hydroxylation sites is 1. The number of nitrogens with zero attached hydrogens (tertiary/aromatic N) is 1. The summed E-state index contributed by atoms with van der Waals surface area (Å²) in [7, 11) is 0. The zero-order valence-electron chi connectivity index (χ0n) is 11.0. The minimum absolute atomic E-state index is 0.0253. The first-order valence-electron chi connectivity index (χ1n) is 6.51. The predicted octanol–water partition coefficient (Wildman–Crippen LogP) is 2.08. The van der Waals surface area contributed by atoms with Gasteiger partial charge in [0.15, 0.2) is 0 Å². The number of halogens is 1. The number of amides is 1. The normalized spacial score (nSPS) is 17.8. The van der Waals surface area contributed by atoms with Crippen LogP contribution in [0, 0.1) is 3.57 Å². The van der Waals surface area contributed by atoms with Crippen molar-refractivity contribution in [1.29, 1.82) is 0 Å². The molecule has 1 aliphatic rings. The first-order valence-corrected chi connectivity index (χ1v) is 7.59. The van der Waals surface area contributed by atoms with Gasteiger partial charge in [0, 0.05) is 16.7 Å². The van der Waals surface area contributed by atoms with E-state index in [1.165, 1.54) is 0 Å². The Hall–Kier alpha value is -0.660. The molecular weight excluding hydrogens is 355 g/mol. The summed E-state index contributed by atoms with van der Waals surface area (Å²) < 4.78 is 1.03. The average Bonchev–Trinajstić information content (AvgIpc) is 2.30. The molecule has 19 heavy (non-hydrogen) atoms. The van der Waals surface area contributed by atoms with Crippen LogP contribution < -0.4 is 5.32 Å². The van der Waals surface area contributed by atoms with Crippen molar-refractivity contribution < 1.29 is 9.90 Å². The molecule has 1 aromatic rings. The third kappa shape index (κ3) is 3.90. The van der Waals surface area contributed by atoms with Crippen LogP contribution in [0.5, 0.6) is 0 Å². The number of aliphatic hydroxyl groups is 1. The second-order valence-electron chi connectivity index (χ2n) is 5.15.